The van der Waals surface area contributed by atoms with Crippen LogP contribution in [0, 0.1) is 11.8 Å². The number of ether oxygens (including phenoxy) is 1. The molecule has 0 aliphatic carbocycles. The van der Waals surface area contributed by atoms with Gasteiger partial charge in [0.15, 0.2) is 0 Å². The van der Waals surface area contributed by atoms with E-state index in [4.69, 9.17) is 10.5 Å². The summed E-state index contributed by atoms with van der Waals surface area (Å²) in [6.07, 6.45) is 4.96. The highest BCUT2D eigenvalue weighted by molar-refractivity contribution is 4.70. The fourth-order valence-corrected chi connectivity index (χ4v) is 1.80. The molecule has 1 unspecified atom stereocenters. The molecule has 0 bridgehead atoms. The van der Waals surface area contributed by atoms with Gasteiger partial charge in [-0.05, 0) is 37.5 Å². The summed E-state index contributed by atoms with van der Waals surface area (Å²) >= 11 is 0. The van der Waals surface area contributed by atoms with Crippen LogP contribution in [0.1, 0.15) is 39.5 Å². The van der Waals surface area contributed by atoms with E-state index in [1.165, 1.54) is 25.7 Å². The van der Waals surface area contributed by atoms with Crippen LogP contribution in [0.5, 0.6) is 0 Å². The van der Waals surface area contributed by atoms with Gasteiger partial charge < -0.3 is 10.5 Å². The maximum Gasteiger partial charge on any atom is 0.0468 e. The molecule has 78 valence electrons. The number of nitrogens with two attached hydrogens (primary N) is 1. The van der Waals surface area contributed by atoms with Gasteiger partial charge in [-0.15, -0.1) is 0 Å². The first kappa shape index (κ1) is 11.0. The molecule has 2 heteroatoms. The van der Waals surface area contributed by atoms with E-state index in [0.717, 1.165) is 19.1 Å². The van der Waals surface area contributed by atoms with Crippen molar-refractivity contribution in [3.8, 4) is 0 Å². The summed E-state index contributed by atoms with van der Waals surface area (Å²) in [6, 6.07) is 0.392. The molecule has 2 N–H and O–H groups in total. The van der Waals surface area contributed by atoms with Crippen LogP contribution in [-0.2, 0) is 4.74 Å². The Balaban J connectivity index is 2.10. The van der Waals surface area contributed by atoms with Gasteiger partial charge in [-0.2, -0.15) is 0 Å². The average Bonchev–Trinajstić information content (AvgIpc) is 2.15. The van der Waals surface area contributed by atoms with Gasteiger partial charge in [-0.3, -0.25) is 0 Å². The third-order valence-electron chi connectivity index (χ3n) is 3.11. The zero-order valence-corrected chi connectivity index (χ0v) is 8.96. The lowest BCUT2D eigenvalue weighted by Crippen LogP contribution is -2.27. The topological polar surface area (TPSA) is 35.2 Å². The molecule has 1 atom stereocenters. The standard InChI is InChI=1S/C11H23NO/c1-9(2)11(12)4-3-10-5-7-13-8-6-10/h9-11H,3-8,12H2,1-2H3. The zero-order chi connectivity index (χ0) is 9.68. The molecule has 1 aliphatic heterocycles. The Labute approximate surface area is 81.8 Å². The van der Waals surface area contributed by atoms with Gasteiger partial charge >= 0.3 is 0 Å². The molecular weight excluding hydrogens is 162 g/mol. The van der Waals surface area contributed by atoms with Crippen LogP contribution in [0.3, 0.4) is 0 Å². The summed E-state index contributed by atoms with van der Waals surface area (Å²) in [4.78, 5) is 0. The SMILES string of the molecule is CC(C)C(N)CCC1CCOCC1. The normalized spacial score (nSPS) is 22.2. The van der Waals surface area contributed by atoms with Gasteiger partial charge in [0.1, 0.15) is 0 Å². The highest BCUT2D eigenvalue weighted by atomic mass is 16.5. The summed E-state index contributed by atoms with van der Waals surface area (Å²) in [5.74, 6) is 1.50. The minimum Gasteiger partial charge on any atom is -0.381 e. The van der Waals surface area contributed by atoms with Gasteiger partial charge in [-0.25, -0.2) is 0 Å². The highest BCUT2D eigenvalue weighted by Crippen LogP contribution is 2.21. The van der Waals surface area contributed by atoms with E-state index in [0.29, 0.717) is 12.0 Å². The van der Waals surface area contributed by atoms with Crippen molar-refractivity contribution < 1.29 is 4.74 Å². The Morgan fingerprint density at radius 1 is 1.31 bits per heavy atom. The first-order chi connectivity index (χ1) is 6.20. The van der Waals surface area contributed by atoms with Crippen molar-refractivity contribution in [2.24, 2.45) is 17.6 Å². The van der Waals surface area contributed by atoms with Gasteiger partial charge in [0.2, 0.25) is 0 Å². The van der Waals surface area contributed by atoms with Crippen molar-refractivity contribution >= 4 is 0 Å². The zero-order valence-electron chi connectivity index (χ0n) is 8.96. The van der Waals surface area contributed by atoms with Crippen molar-refractivity contribution in [1.82, 2.24) is 0 Å². The molecule has 0 radical (unpaired) electrons. The van der Waals surface area contributed by atoms with Crippen LogP contribution in [-0.4, -0.2) is 19.3 Å². The summed E-state index contributed by atoms with van der Waals surface area (Å²) in [5.41, 5.74) is 6.00. The van der Waals surface area contributed by atoms with Gasteiger partial charge in [0.05, 0.1) is 0 Å². The Hall–Kier alpha value is -0.0800. The summed E-state index contributed by atoms with van der Waals surface area (Å²) < 4.78 is 5.32. The maximum atomic E-state index is 6.00. The second-order valence-electron chi connectivity index (χ2n) is 4.54. The Morgan fingerprint density at radius 2 is 1.92 bits per heavy atom. The predicted molar refractivity (Wildman–Crippen MR) is 55.6 cm³/mol. The van der Waals surface area contributed by atoms with Gasteiger partial charge in [-0.1, -0.05) is 13.8 Å². The first-order valence-electron chi connectivity index (χ1n) is 5.53. The molecule has 0 aromatic heterocycles. The van der Waals surface area contributed by atoms with Crippen LogP contribution in [0.25, 0.3) is 0 Å². The number of hydrogen-bond donors (Lipinski definition) is 1. The molecule has 13 heavy (non-hydrogen) atoms. The van der Waals surface area contributed by atoms with Gasteiger partial charge in [0.25, 0.3) is 0 Å². The molecule has 1 aliphatic rings. The highest BCUT2D eigenvalue weighted by Gasteiger charge is 2.15. The molecule has 1 rings (SSSR count). The third kappa shape index (κ3) is 4.10. The molecule has 0 saturated carbocycles. The van der Waals surface area contributed by atoms with Crippen LogP contribution in [0.2, 0.25) is 0 Å². The molecule has 0 aromatic rings. The number of hydrogen-bond acceptors (Lipinski definition) is 2. The van der Waals surface area contributed by atoms with E-state index < -0.39 is 0 Å². The Kier molecular flexibility index (Phi) is 4.74. The second-order valence-corrected chi connectivity index (χ2v) is 4.54. The minimum absolute atomic E-state index is 0.392. The van der Waals surface area contributed by atoms with E-state index >= 15 is 0 Å². The molecule has 1 heterocycles. The minimum atomic E-state index is 0.392. The smallest absolute Gasteiger partial charge is 0.0468 e. The third-order valence-corrected chi connectivity index (χ3v) is 3.11. The number of rotatable bonds is 4. The molecule has 2 nitrogen and oxygen atoms in total. The van der Waals surface area contributed by atoms with E-state index in [2.05, 4.69) is 13.8 Å². The fraction of sp³-hybridized carbons (Fsp3) is 1.00. The Bertz CT molecular complexity index is 130. The van der Waals surface area contributed by atoms with Crippen LogP contribution >= 0.6 is 0 Å². The quantitative estimate of drug-likeness (QED) is 0.728. The largest absolute Gasteiger partial charge is 0.381 e. The molecule has 0 spiro atoms. The van der Waals surface area contributed by atoms with E-state index in [9.17, 15) is 0 Å². The summed E-state index contributed by atoms with van der Waals surface area (Å²) in [5, 5.41) is 0. The Morgan fingerprint density at radius 3 is 2.46 bits per heavy atom. The summed E-state index contributed by atoms with van der Waals surface area (Å²) in [7, 11) is 0. The first-order valence-corrected chi connectivity index (χ1v) is 5.53. The van der Waals surface area contributed by atoms with Crippen molar-refractivity contribution in [3.05, 3.63) is 0 Å². The van der Waals surface area contributed by atoms with Gasteiger partial charge in [0, 0.05) is 19.3 Å². The van der Waals surface area contributed by atoms with Crippen LogP contribution < -0.4 is 5.73 Å². The molecule has 1 fully saturated rings. The lowest BCUT2D eigenvalue weighted by atomic mass is 9.90. The van der Waals surface area contributed by atoms with Crippen molar-refractivity contribution in [1.29, 1.82) is 0 Å². The maximum absolute atomic E-state index is 6.00. The average molecular weight is 185 g/mol. The molecule has 0 aromatic carbocycles. The van der Waals surface area contributed by atoms with Crippen LogP contribution in [0.15, 0.2) is 0 Å². The van der Waals surface area contributed by atoms with Crippen molar-refractivity contribution in [2.45, 2.75) is 45.6 Å². The monoisotopic (exact) mass is 185 g/mol. The summed E-state index contributed by atoms with van der Waals surface area (Å²) in [6.45, 7) is 6.33. The lowest BCUT2D eigenvalue weighted by Gasteiger charge is -2.24. The van der Waals surface area contributed by atoms with E-state index in [1.807, 2.05) is 0 Å². The fourth-order valence-electron chi connectivity index (χ4n) is 1.80. The van der Waals surface area contributed by atoms with E-state index in [1.54, 1.807) is 0 Å². The van der Waals surface area contributed by atoms with Crippen molar-refractivity contribution in [2.75, 3.05) is 13.2 Å². The molecule has 0 amide bonds. The molecule has 1 saturated heterocycles. The van der Waals surface area contributed by atoms with Crippen molar-refractivity contribution in [3.63, 3.8) is 0 Å². The van der Waals surface area contributed by atoms with E-state index in [-0.39, 0.29) is 0 Å². The predicted octanol–water partition coefficient (Wildman–Crippen LogP) is 2.18. The second kappa shape index (κ2) is 5.61. The van der Waals surface area contributed by atoms with Crippen LogP contribution in [0.4, 0.5) is 0 Å². The lowest BCUT2D eigenvalue weighted by molar-refractivity contribution is 0.0623. The molecular formula is C11H23NO.